The summed E-state index contributed by atoms with van der Waals surface area (Å²) < 4.78 is 3.84. The third kappa shape index (κ3) is 1.50. The number of halogens is 1. The molecule has 0 aliphatic rings. The van der Waals surface area contributed by atoms with Crippen LogP contribution in [-0.2, 0) is 7.05 Å². The number of pyridine rings is 1. The number of fused-ring (bicyclic) bond motifs is 4. The van der Waals surface area contributed by atoms with E-state index in [2.05, 4.69) is 10.6 Å². The molecule has 0 amide bonds. The van der Waals surface area contributed by atoms with Gasteiger partial charge in [-0.3, -0.25) is 0 Å². The van der Waals surface area contributed by atoms with Crippen molar-refractivity contribution < 1.29 is 4.57 Å². The molecule has 0 radical (unpaired) electrons. The molecule has 0 aliphatic heterocycles. The molecule has 0 N–H and O–H groups in total. The molecule has 4 heteroatoms. The van der Waals surface area contributed by atoms with Crippen molar-refractivity contribution in [2.45, 2.75) is 0 Å². The van der Waals surface area contributed by atoms with E-state index in [9.17, 15) is 4.79 Å². The first-order valence-electron chi connectivity index (χ1n) is 7.43. The zero-order valence-electron chi connectivity index (χ0n) is 12.4. The Hall–Kier alpha value is -2.65. The maximum atomic E-state index is 13.1. The Balaban J connectivity index is 2.27. The van der Waals surface area contributed by atoms with Gasteiger partial charge in [-0.05, 0) is 29.7 Å². The first-order chi connectivity index (χ1) is 11.2. The third-order valence-corrected chi connectivity index (χ3v) is 4.88. The van der Waals surface area contributed by atoms with E-state index < -0.39 is 0 Å². The van der Waals surface area contributed by atoms with Gasteiger partial charge in [-0.1, -0.05) is 35.9 Å². The fourth-order valence-electron chi connectivity index (χ4n) is 3.67. The number of hydrogen-bond acceptors (Lipinski definition) is 1. The second kappa shape index (κ2) is 4.21. The Labute approximate surface area is 136 Å². The SMILES string of the molecule is C[n+]1c2ccc(Cl)cc2n2c(=O)c3cccc4cccc(c43)c21. The Morgan fingerprint density at radius 2 is 1.74 bits per heavy atom. The van der Waals surface area contributed by atoms with E-state index in [4.69, 9.17) is 11.6 Å². The fraction of sp³-hybridized carbons (Fsp3) is 0.0526. The lowest BCUT2D eigenvalue weighted by Gasteiger charge is -2.03. The van der Waals surface area contributed by atoms with E-state index in [1.54, 1.807) is 4.40 Å². The van der Waals surface area contributed by atoms with Crippen molar-refractivity contribution in [3.05, 3.63) is 70.0 Å². The molecule has 0 spiro atoms. The van der Waals surface area contributed by atoms with Crippen molar-refractivity contribution in [3.63, 3.8) is 0 Å². The molecule has 5 aromatic rings. The van der Waals surface area contributed by atoms with Gasteiger partial charge >= 0.3 is 5.56 Å². The summed E-state index contributed by atoms with van der Waals surface area (Å²) in [7, 11) is 1.99. The van der Waals surface area contributed by atoms with Crippen LogP contribution in [0.2, 0.25) is 5.02 Å². The number of nitrogens with zero attached hydrogens (tertiary/aromatic N) is 2. The van der Waals surface area contributed by atoms with Crippen molar-refractivity contribution in [1.29, 1.82) is 0 Å². The molecule has 0 fully saturated rings. The van der Waals surface area contributed by atoms with Gasteiger partial charge in [-0.2, -0.15) is 4.40 Å². The first kappa shape index (κ1) is 12.9. The minimum Gasteiger partial charge on any atom is -0.240 e. The normalized spacial score (nSPS) is 12.1. The van der Waals surface area contributed by atoms with Crippen molar-refractivity contribution in [2.75, 3.05) is 0 Å². The van der Waals surface area contributed by atoms with Gasteiger partial charge in [0, 0.05) is 16.5 Å². The summed E-state index contributed by atoms with van der Waals surface area (Å²) in [5.41, 5.74) is 2.72. The van der Waals surface area contributed by atoms with E-state index >= 15 is 0 Å². The quantitative estimate of drug-likeness (QED) is 0.400. The predicted molar refractivity (Wildman–Crippen MR) is 93.6 cm³/mol. The molecule has 0 bridgehead atoms. The maximum Gasteiger partial charge on any atom is 0.347 e. The fourth-order valence-corrected chi connectivity index (χ4v) is 3.84. The Bertz CT molecular complexity index is 1300. The molecule has 0 unspecified atom stereocenters. The van der Waals surface area contributed by atoms with Crippen LogP contribution < -0.4 is 10.1 Å². The highest BCUT2D eigenvalue weighted by molar-refractivity contribution is 6.31. The Morgan fingerprint density at radius 1 is 1.00 bits per heavy atom. The van der Waals surface area contributed by atoms with Gasteiger partial charge < -0.3 is 0 Å². The number of aromatic nitrogens is 2. The average Bonchev–Trinajstić information content (AvgIpc) is 2.85. The summed E-state index contributed by atoms with van der Waals surface area (Å²) in [5, 5.41) is 4.55. The van der Waals surface area contributed by atoms with Crippen LogP contribution in [-0.4, -0.2) is 4.40 Å². The number of aryl methyl sites for hydroxylation is 1. The lowest BCUT2D eigenvalue weighted by Crippen LogP contribution is -2.29. The summed E-state index contributed by atoms with van der Waals surface area (Å²) in [6.45, 7) is 0. The monoisotopic (exact) mass is 319 g/mol. The highest BCUT2D eigenvalue weighted by Crippen LogP contribution is 2.29. The van der Waals surface area contributed by atoms with Crippen LogP contribution in [0.15, 0.2) is 59.4 Å². The average molecular weight is 320 g/mol. The molecular formula is C19H12ClN2O+. The van der Waals surface area contributed by atoms with E-state index in [0.717, 1.165) is 38.2 Å². The molecule has 3 aromatic carbocycles. The molecule has 2 aromatic heterocycles. The molecule has 0 saturated heterocycles. The third-order valence-electron chi connectivity index (χ3n) is 4.65. The minimum absolute atomic E-state index is 0.00262. The Kier molecular flexibility index (Phi) is 2.35. The second-order valence-corrected chi connectivity index (χ2v) is 6.30. The van der Waals surface area contributed by atoms with Crippen LogP contribution >= 0.6 is 11.6 Å². The topological polar surface area (TPSA) is 25.4 Å². The first-order valence-corrected chi connectivity index (χ1v) is 7.81. The standard InChI is InChI=1S/C19H12ClN2O/c1-21-15-9-8-12(20)10-16(15)22-18(21)13-6-2-4-11-5-3-7-14(17(11)13)19(22)23/h2-10H,1H3/q+1. The van der Waals surface area contributed by atoms with Crippen molar-refractivity contribution in [2.24, 2.45) is 7.05 Å². The van der Waals surface area contributed by atoms with Gasteiger partial charge in [0.2, 0.25) is 0 Å². The van der Waals surface area contributed by atoms with Crippen molar-refractivity contribution >= 4 is 49.8 Å². The maximum absolute atomic E-state index is 13.1. The van der Waals surface area contributed by atoms with Crippen LogP contribution in [0, 0.1) is 0 Å². The van der Waals surface area contributed by atoms with Crippen molar-refractivity contribution in [1.82, 2.24) is 4.40 Å². The number of benzene rings is 3. The zero-order chi connectivity index (χ0) is 15.7. The number of hydrogen-bond donors (Lipinski definition) is 0. The summed E-state index contributed by atoms with van der Waals surface area (Å²) in [6.07, 6.45) is 0. The van der Waals surface area contributed by atoms with Gasteiger partial charge in [-0.25, -0.2) is 9.36 Å². The Morgan fingerprint density at radius 3 is 2.52 bits per heavy atom. The molecule has 23 heavy (non-hydrogen) atoms. The van der Waals surface area contributed by atoms with E-state index in [0.29, 0.717) is 5.02 Å². The van der Waals surface area contributed by atoms with Crippen LogP contribution in [0.4, 0.5) is 0 Å². The number of rotatable bonds is 0. The van der Waals surface area contributed by atoms with Crippen LogP contribution in [0.25, 0.3) is 38.2 Å². The minimum atomic E-state index is -0.00262. The van der Waals surface area contributed by atoms with Gasteiger partial charge in [0.05, 0.1) is 17.8 Å². The lowest BCUT2D eigenvalue weighted by molar-refractivity contribution is -0.617. The lowest BCUT2D eigenvalue weighted by atomic mass is 10.0. The van der Waals surface area contributed by atoms with Crippen LogP contribution in [0.1, 0.15) is 0 Å². The van der Waals surface area contributed by atoms with Gasteiger partial charge in [0.15, 0.2) is 11.0 Å². The number of imidazole rings is 1. The molecule has 2 heterocycles. The highest BCUT2D eigenvalue weighted by atomic mass is 35.5. The van der Waals surface area contributed by atoms with Crippen LogP contribution in [0.5, 0.6) is 0 Å². The molecule has 3 nitrogen and oxygen atoms in total. The largest absolute Gasteiger partial charge is 0.347 e. The molecule has 5 rings (SSSR count). The second-order valence-electron chi connectivity index (χ2n) is 5.87. The van der Waals surface area contributed by atoms with E-state index in [1.165, 1.54) is 0 Å². The molecular weight excluding hydrogens is 308 g/mol. The van der Waals surface area contributed by atoms with Gasteiger partial charge in [-0.15, -0.1) is 0 Å². The summed E-state index contributed by atoms with van der Waals surface area (Å²) in [6, 6.07) is 17.7. The summed E-state index contributed by atoms with van der Waals surface area (Å²) in [4.78, 5) is 13.1. The van der Waals surface area contributed by atoms with Crippen LogP contribution in [0.3, 0.4) is 0 Å². The molecule has 0 saturated carbocycles. The predicted octanol–water partition coefficient (Wildman–Crippen LogP) is 3.67. The van der Waals surface area contributed by atoms with Crippen molar-refractivity contribution in [3.8, 4) is 0 Å². The summed E-state index contributed by atoms with van der Waals surface area (Å²) >= 11 is 6.17. The smallest absolute Gasteiger partial charge is 0.240 e. The molecule has 0 atom stereocenters. The summed E-state index contributed by atoms with van der Waals surface area (Å²) in [5.74, 6) is 0. The molecule has 0 aliphatic carbocycles. The zero-order valence-corrected chi connectivity index (χ0v) is 13.1. The highest BCUT2D eigenvalue weighted by Gasteiger charge is 2.24. The van der Waals surface area contributed by atoms with Gasteiger partial charge in [0.1, 0.15) is 0 Å². The van der Waals surface area contributed by atoms with Gasteiger partial charge in [0.25, 0.3) is 5.65 Å². The van der Waals surface area contributed by atoms with E-state index in [1.807, 2.05) is 55.6 Å². The van der Waals surface area contributed by atoms with E-state index in [-0.39, 0.29) is 5.56 Å². The molecule has 110 valence electrons.